The molecule has 1 rings (SSSR count). The van der Waals surface area contributed by atoms with Crippen LogP contribution in [0.15, 0.2) is 18.2 Å². The van der Waals surface area contributed by atoms with Gasteiger partial charge in [-0.3, -0.25) is 0 Å². The van der Waals surface area contributed by atoms with Crippen molar-refractivity contribution in [3.05, 3.63) is 34.9 Å². The minimum Gasteiger partial charge on any atom is -0.197 e. The Labute approximate surface area is 98.1 Å². The molecule has 16 heavy (non-hydrogen) atoms. The Morgan fingerprint density at radius 2 is 1.38 bits per heavy atom. The summed E-state index contributed by atoms with van der Waals surface area (Å²) in [6.45, 7) is 6.57. The van der Waals surface area contributed by atoms with Crippen molar-refractivity contribution in [2.75, 3.05) is 0 Å². The molecule has 0 amide bonds. The first kappa shape index (κ1) is 14.2. The highest BCUT2D eigenvalue weighted by Gasteiger charge is 1.94. The summed E-state index contributed by atoms with van der Waals surface area (Å²) >= 11 is 0. The van der Waals surface area contributed by atoms with E-state index in [1.807, 2.05) is 0 Å². The predicted octanol–water partition coefficient (Wildman–Crippen LogP) is 3.54. The lowest BCUT2D eigenvalue weighted by Gasteiger charge is -2.02. The molecule has 0 aliphatic heterocycles. The third kappa shape index (κ3) is 5.83. The first-order valence-electron chi connectivity index (χ1n) is 5.51. The standard InChI is InChI=1S/C11H16.C3H2N2/c1-4-10-6-9(3)7-11(5-2)8-10;4-2-1-3-5/h6-8H,4-5H2,1-3H3;1H2. The summed E-state index contributed by atoms with van der Waals surface area (Å²) in [6.07, 6.45) is 2.30. The van der Waals surface area contributed by atoms with E-state index in [0.29, 0.717) is 0 Å². The van der Waals surface area contributed by atoms with Crippen LogP contribution >= 0.6 is 0 Å². The lowest BCUT2D eigenvalue weighted by molar-refractivity contribution is 1.08. The molecule has 0 aliphatic carbocycles. The van der Waals surface area contributed by atoms with Gasteiger partial charge in [0.05, 0.1) is 12.1 Å². The van der Waals surface area contributed by atoms with Gasteiger partial charge in [-0.05, 0) is 30.9 Å². The molecule has 84 valence electrons. The fourth-order valence-electron chi connectivity index (χ4n) is 1.39. The Balaban J connectivity index is 0.000000385. The largest absolute Gasteiger partial charge is 0.197 e. The highest BCUT2D eigenvalue weighted by atomic mass is 14.3. The molecule has 0 saturated heterocycles. The van der Waals surface area contributed by atoms with Crippen molar-refractivity contribution in [1.29, 1.82) is 10.5 Å². The number of hydrogen-bond acceptors (Lipinski definition) is 2. The lowest BCUT2D eigenvalue weighted by atomic mass is 10.0. The van der Waals surface area contributed by atoms with Crippen LogP contribution < -0.4 is 0 Å². The zero-order chi connectivity index (χ0) is 12.4. The van der Waals surface area contributed by atoms with Crippen LogP contribution in [0.1, 0.15) is 37.0 Å². The summed E-state index contributed by atoms with van der Waals surface area (Å²) in [5.74, 6) is 0. The van der Waals surface area contributed by atoms with Gasteiger partial charge in [-0.15, -0.1) is 0 Å². The van der Waals surface area contributed by atoms with Crippen molar-refractivity contribution >= 4 is 0 Å². The zero-order valence-electron chi connectivity index (χ0n) is 10.2. The monoisotopic (exact) mass is 214 g/mol. The third-order valence-electron chi connectivity index (χ3n) is 2.17. The Hall–Kier alpha value is -1.80. The molecular weight excluding hydrogens is 196 g/mol. The van der Waals surface area contributed by atoms with E-state index in [1.54, 1.807) is 12.1 Å². The van der Waals surface area contributed by atoms with E-state index in [4.69, 9.17) is 10.5 Å². The molecule has 0 saturated carbocycles. The molecule has 0 heterocycles. The van der Waals surface area contributed by atoms with Gasteiger partial charge < -0.3 is 0 Å². The van der Waals surface area contributed by atoms with Crippen LogP contribution in [-0.4, -0.2) is 0 Å². The molecule has 0 atom stereocenters. The van der Waals surface area contributed by atoms with Crippen molar-refractivity contribution in [3.63, 3.8) is 0 Å². The second-order valence-corrected chi connectivity index (χ2v) is 3.53. The average molecular weight is 214 g/mol. The first-order chi connectivity index (χ1) is 7.67. The maximum atomic E-state index is 7.59. The number of benzene rings is 1. The first-order valence-corrected chi connectivity index (χ1v) is 5.51. The number of nitriles is 2. The van der Waals surface area contributed by atoms with Crippen LogP contribution in [0, 0.1) is 29.6 Å². The highest BCUT2D eigenvalue weighted by Crippen LogP contribution is 2.10. The smallest absolute Gasteiger partial charge is 0.122 e. The number of nitrogens with zero attached hydrogens (tertiary/aromatic N) is 2. The van der Waals surface area contributed by atoms with E-state index >= 15 is 0 Å². The van der Waals surface area contributed by atoms with Crippen molar-refractivity contribution in [1.82, 2.24) is 0 Å². The van der Waals surface area contributed by atoms with E-state index in [-0.39, 0.29) is 6.42 Å². The van der Waals surface area contributed by atoms with E-state index in [2.05, 4.69) is 39.0 Å². The normalized spacial score (nSPS) is 8.31. The topological polar surface area (TPSA) is 47.6 Å². The lowest BCUT2D eigenvalue weighted by Crippen LogP contribution is -1.87. The molecule has 1 aromatic rings. The SMILES string of the molecule is CCc1cc(C)cc(CC)c1.N#CCC#N. The molecule has 1 aromatic carbocycles. The molecule has 0 aromatic heterocycles. The van der Waals surface area contributed by atoms with Gasteiger partial charge in [-0.25, -0.2) is 0 Å². The maximum absolute atomic E-state index is 7.59. The quantitative estimate of drug-likeness (QED) is 0.756. The average Bonchev–Trinajstić information content (AvgIpc) is 2.30. The van der Waals surface area contributed by atoms with Gasteiger partial charge in [0.15, 0.2) is 0 Å². The second-order valence-electron chi connectivity index (χ2n) is 3.53. The minimum atomic E-state index is 0. The van der Waals surface area contributed by atoms with Crippen LogP contribution in [0.3, 0.4) is 0 Å². The van der Waals surface area contributed by atoms with Gasteiger partial charge >= 0.3 is 0 Å². The second kappa shape index (κ2) is 8.50. The van der Waals surface area contributed by atoms with Gasteiger partial charge in [-0.2, -0.15) is 10.5 Å². The number of rotatable bonds is 2. The molecule has 0 N–H and O–H groups in total. The molecule has 0 spiro atoms. The minimum absolute atomic E-state index is 0. The summed E-state index contributed by atoms with van der Waals surface area (Å²) in [7, 11) is 0. The Kier molecular flexibility index (Phi) is 7.55. The summed E-state index contributed by atoms with van der Waals surface area (Å²) in [5.41, 5.74) is 4.31. The molecule has 0 aliphatic rings. The Morgan fingerprint density at radius 1 is 0.938 bits per heavy atom. The van der Waals surface area contributed by atoms with Gasteiger partial charge in [0, 0.05) is 0 Å². The molecular formula is C14H18N2. The summed E-state index contributed by atoms with van der Waals surface area (Å²) in [6, 6.07) is 10.1. The van der Waals surface area contributed by atoms with Crippen molar-refractivity contribution in [2.24, 2.45) is 0 Å². The van der Waals surface area contributed by atoms with Crippen molar-refractivity contribution in [2.45, 2.75) is 40.0 Å². The van der Waals surface area contributed by atoms with Crippen LogP contribution in [0.5, 0.6) is 0 Å². The molecule has 0 unspecified atom stereocenters. The summed E-state index contributed by atoms with van der Waals surface area (Å²) in [5, 5.41) is 15.2. The van der Waals surface area contributed by atoms with E-state index in [9.17, 15) is 0 Å². The molecule has 0 fully saturated rings. The fraction of sp³-hybridized carbons (Fsp3) is 0.429. The Bertz CT molecular complexity index is 360. The van der Waals surface area contributed by atoms with Gasteiger partial charge in [0.2, 0.25) is 0 Å². The van der Waals surface area contributed by atoms with Crippen molar-refractivity contribution < 1.29 is 0 Å². The van der Waals surface area contributed by atoms with Gasteiger partial charge in [0.1, 0.15) is 6.42 Å². The fourth-order valence-corrected chi connectivity index (χ4v) is 1.39. The van der Waals surface area contributed by atoms with E-state index < -0.39 is 0 Å². The van der Waals surface area contributed by atoms with Gasteiger partial charge in [-0.1, -0.05) is 37.6 Å². The predicted molar refractivity (Wildman–Crippen MR) is 65.8 cm³/mol. The van der Waals surface area contributed by atoms with Crippen LogP contribution in [-0.2, 0) is 12.8 Å². The third-order valence-corrected chi connectivity index (χ3v) is 2.17. The number of hydrogen-bond donors (Lipinski definition) is 0. The molecule has 0 bridgehead atoms. The van der Waals surface area contributed by atoms with Crippen LogP contribution in [0.25, 0.3) is 0 Å². The maximum Gasteiger partial charge on any atom is 0.122 e. The van der Waals surface area contributed by atoms with Crippen LogP contribution in [0.4, 0.5) is 0 Å². The Morgan fingerprint density at radius 3 is 1.62 bits per heavy atom. The van der Waals surface area contributed by atoms with Crippen molar-refractivity contribution in [3.8, 4) is 12.1 Å². The van der Waals surface area contributed by atoms with E-state index in [1.165, 1.54) is 16.7 Å². The van der Waals surface area contributed by atoms with E-state index in [0.717, 1.165) is 12.8 Å². The zero-order valence-corrected chi connectivity index (χ0v) is 10.2. The molecule has 2 heteroatoms. The summed E-state index contributed by atoms with van der Waals surface area (Å²) in [4.78, 5) is 0. The highest BCUT2D eigenvalue weighted by molar-refractivity contribution is 5.29. The molecule has 0 radical (unpaired) electrons. The summed E-state index contributed by atoms with van der Waals surface area (Å²) < 4.78 is 0. The van der Waals surface area contributed by atoms with Gasteiger partial charge in [0.25, 0.3) is 0 Å². The number of aryl methyl sites for hydroxylation is 3. The molecule has 2 nitrogen and oxygen atoms in total. The van der Waals surface area contributed by atoms with Crippen LogP contribution in [0.2, 0.25) is 0 Å².